The highest BCUT2D eigenvalue weighted by molar-refractivity contribution is 7.99. The van der Waals surface area contributed by atoms with Gasteiger partial charge in [0, 0.05) is 12.3 Å². The van der Waals surface area contributed by atoms with Crippen LogP contribution in [-0.2, 0) is 14.3 Å². The molecule has 1 aromatic carbocycles. The molecular weight excluding hydrogens is 322 g/mol. The summed E-state index contributed by atoms with van der Waals surface area (Å²) in [4.78, 5) is 24.4. The molecule has 1 aliphatic rings. The SMILES string of the molecule is COc1ccccc1OCO[C@@H]1SCCN1C(C(N)=O)C(N)=O. The maximum absolute atomic E-state index is 11.4. The summed E-state index contributed by atoms with van der Waals surface area (Å²) in [5.41, 5.74) is 9.95. The van der Waals surface area contributed by atoms with Crippen molar-refractivity contribution >= 4 is 23.6 Å². The summed E-state index contributed by atoms with van der Waals surface area (Å²) < 4.78 is 16.3. The molecule has 0 aliphatic carbocycles. The number of hydrogen-bond acceptors (Lipinski definition) is 7. The van der Waals surface area contributed by atoms with Crippen LogP contribution in [0.1, 0.15) is 0 Å². The number of para-hydroxylation sites is 2. The van der Waals surface area contributed by atoms with E-state index in [9.17, 15) is 9.59 Å². The van der Waals surface area contributed by atoms with E-state index in [1.165, 1.54) is 16.7 Å². The first-order valence-corrected chi connectivity index (χ1v) is 7.93. The number of amides is 2. The largest absolute Gasteiger partial charge is 0.493 e. The van der Waals surface area contributed by atoms with Crippen molar-refractivity contribution in [3.8, 4) is 11.5 Å². The summed E-state index contributed by atoms with van der Waals surface area (Å²) in [6, 6.07) is 5.96. The van der Waals surface area contributed by atoms with Gasteiger partial charge >= 0.3 is 0 Å². The van der Waals surface area contributed by atoms with Gasteiger partial charge in [0.1, 0.15) is 0 Å². The molecular formula is C14H19N3O5S. The van der Waals surface area contributed by atoms with Gasteiger partial charge < -0.3 is 25.7 Å². The third kappa shape index (κ3) is 4.27. The van der Waals surface area contributed by atoms with Crippen molar-refractivity contribution in [1.82, 2.24) is 4.90 Å². The number of ether oxygens (including phenoxy) is 3. The van der Waals surface area contributed by atoms with Gasteiger partial charge in [0.05, 0.1) is 7.11 Å². The van der Waals surface area contributed by atoms with Crippen LogP contribution in [0.15, 0.2) is 24.3 Å². The molecule has 0 unspecified atom stereocenters. The molecule has 2 rings (SSSR count). The molecule has 1 heterocycles. The molecule has 1 aromatic rings. The predicted octanol–water partition coefficient (Wildman–Crippen LogP) is -0.280. The van der Waals surface area contributed by atoms with Gasteiger partial charge in [-0.1, -0.05) is 12.1 Å². The first-order chi connectivity index (χ1) is 11.0. The first kappa shape index (κ1) is 17.4. The van der Waals surface area contributed by atoms with E-state index in [1.807, 2.05) is 12.1 Å². The zero-order valence-electron chi connectivity index (χ0n) is 12.6. The van der Waals surface area contributed by atoms with Crippen LogP contribution in [0.5, 0.6) is 11.5 Å². The number of nitrogens with two attached hydrogens (primary N) is 2. The lowest BCUT2D eigenvalue weighted by Gasteiger charge is -2.27. The number of thioether (sulfide) groups is 1. The van der Waals surface area contributed by atoms with E-state index in [4.69, 9.17) is 25.7 Å². The van der Waals surface area contributed by atoms with Crippen LogP contribution in [0, 0.1) is 0 Å². The van der Waals surface area contributed by atoms with Crippen LogP contribution in [0.3, 0.4) is 0 Å². The molecule has 8 nitrogen and oxygen atoms in total. The molecule has 0 bridgehead atoms. The Hall–Kier alpha value is -1.97. The van der Waals surface area contributed by atoms with Crippen LogP contribution in [0.25, 0.3) is 0 Å². The Labute approximate surface area is 138 Å². The third-order valence-corrected chi connectivity index (χ3v) is 4.36. The fourth-order valence-electron chi connectivity index (χ4n) is 2.22. The maximum atomic E-state index is 11.4. The number of primary amides is 2. The van der Waals surface area contributed by atoms with E-state index in [-0.39, 0.29) is 6.79 Å². The predicted molar refractivity (Wildman–Crippen MR) is 84.7 cm³/mol. The second-order valence-corrected chi connectivity index (χ2v) is 5.85. The quantitative estimate of drug-likeness (QED) is 0.493. The number of hydrogen-bond donors (Lipinski definition) is 2. The van der Waals surface area contributed by atoms with Gasteiger partial charge in [-0.3, -0.25) is 9.59 Å². The minimum atomic E-state index is -1.19. The zero-order chi connectivity index (χ0) is 16.8. The van der Waals surface area contributed by atoms with Crippen LogP contribution in [0.2, 0.25) is 0 Å². The molecule has 1 atom stereocenters. The van der Waals surface area contributed by atoms with E-state index in [1.54, 1.807) is 19.2 Å². The van der Waals surface area contributed by atoms with Crippen molar-refractivity contribution in [3.05, 3.63) is 24.3 Å². The van der Waals surface area contributed by atoms with E-state index < -0.39 is 23.4 Å². The van der Waals surface area contributed by atoms with Crippen molar-refractivity contribution in [2.24, 2.45) is 11.5 Å². The standard InChI is InChI=1S/C14H19N3O5S/c1-20-9-4-2-3-5-10(9)21-8-22-14-17(6-7-23-14)11(12(15)18)13(16)19/h2-5,11,14H,6-8H2,1H3,(H2,15,18)(H2,16,19)/t14-/m1/s1. The summed E-state index contributed by atoms with van der Waals surface area (Å²) in [7, 11) is 1.54. The number of methoxy groups -OCH3 is 1. The van der Waals surface area contributed by atoms with Gasteiger partial charge in [0.15, 0.2) is 29.9 Å². The molecule has 1 saturated heterocycles. The molecule has 1 fully saturated rings. The number of carbonyl (C=O) groups is 2. The highest BCUT2D eigenvalue weighted by Crippen LogP contribution is 2.29. The summed E-state index contributed by atoms with van der Waals surface area (Å²) in [5, 5.41) is 0. The average molecular weight is 341 g/mol. The molecule has 0 spiro atoms. The molecule has 4 N–H and O–H groups in total. The number of rotatable bonds is 8. The van der Waals surface area contributed by atoms with Crippen molar-refractivity contribution in [3.63, 3.8) is 0 Å². The van der Waals surface area contributed by atoms with Crippen LogP contribution < -0.4 is 20.9 Å². The minimum absolute atomic E-state index is 0.0707. The van der Waals surface area contributed by atoms with Gasteiger partial charge in [0.2, 0.25) is 11.8 Å². The topological polar surface area (TPSA) is 117 Å². The summed E-state index contributed by atoms with van der Waals surface area (Å²) >= 11 is 1.44. The molecule has 126 valence electrons. The fourth-order valence-corrected chi connectivity index (χ4v) is 3.30. The zero-order valence-corrected chi connectivity index (χ0v) is 13.5. The fraction of sp³-hybridized carbons (Fsp3) is 0.429. The maximum Gasteiger partial charge on any atom is 0.244 e. The molecule has 0 radical (unpaired) electrons. The highest BCUT2D eigenvalue weighted by atomic mass is 32.2. The second-order valence-electron chi connectivity index (χ2n) is 4.70. The lowest BCUT2D eigenvalue weighted by Crippen LogP contribution is -2.54. The average Bonchev–Trinajstić information content (AvgIpc) is 2.95. The first-order valence-electron chi connectivity index (χ1n) is 6.88. The number of benzene rings is 1. The highest BCUT2D eigenvalue weighted by Gasteiger charge is 2.38. The Kier molecular flexibility index (Phi) is 6.08. The second kappa shape index (κ2) is 8.04. The summed E-state index contributed by atoms with van der Waals surface area (Å²) in [6.45, 7) is 0.402. The molecule has 2 amide bonds. The molecule has 0 saturated carbocycles. The smallest absolute Gasteiger partial charge is 0.244 e. The molecule has 1 aliphatic heterocycles. The van der Waals surface area contributed by atoms with Gasteiger partial charge in [-0.25, -0.2) is 4.90 Å². The van der Waals surface area contributed by atoms with Gasteiger partial charge in [-0.05, 0) is 12.1 Å². The molecule has 0 aromatic heterocycles. The Morgan fingerprint density at radius 2 is 1.96 bits per heavy atom. The van der Waals surface area contributed by atoms with E-state index in [2.05, 4.69) is 0 Å². The van der Waals surface area contributed by atoms with Crippen molar-refractivity contribution < 1.29 is 23.8 Å². The van der Waals surface area contributed by atoms with E-state index >= 15 is 0 Å². The third-order valence-electron chi connectivity index (χ3n) is 3.25. The number of carbonyl (C=O) groups excluding carboxylic acids is 2. The van der Waals surface area contributed by atoms with Crippen molar-refractivity contribution in [1.29, 1.82) is 0 Å². The molecule has 23 heavy (non-hydrogen) atoms. The number of nitrogens with zero attached hydrogens (tertiary/aromatic N) is 1. The van der Waals surface area contributed by atoms with E-state index in [0.717, 1.165) is 0 Å². The Morgan fingerprint density at radius 1 is 1.30 bits per heavy atom. The van der Waals surface area contributed by atoms with Crippen molar-refractivity contribution in [2.75, 3.05) is 26.2 Å². The summed E-state index contributed by atoms with van der Waals surface area (Å²) in [5.74, 6) is 0.222. The Morgan fingerprint density at radius 3 is 2.57 bits per heavy atom. The van der Waals surface area contributed by atoms with Crippen LogP contribution in [-0.4, -0.2) is 54.5 Å². The monoisotopic (exact) mass is 341 g/mol. The molecule has 9 heteroatoms. The lowest BCUT2D eigenvalue weighted by molar-refractivity contribution is -0.140. The Balaban J connectivity index is 1.94. The van der Waals surface area contributed by atoms with E-state index in [0.29, 0.717) is 23.8 Å². The van der Waals surface area contributed by atoms with Gasteiger partial charge in [-0.2, -0.15) is 0 Å². The summed E-state index contributed by atoms with van der Waals surface area (Å²) in [6.07, 6.45) is 0. The Bertz CT molecular complexity index is 557. The van der Waals surface area contributed by atoms with Gasteiger partial charge in [-0.15, -0.1) is 11.8 Å². The van der Waals surface area contributed by atoms with Gasteiger partial charge in [0.25, 0.3) is 0 Å². The minimum Gasteiger partial charge on any atom is -0.493 e. The lowest BCUT2D eigenvalue weighted by atomic mass is 10.2. The van der Waals surface area contributed by atoms with Crippen LogP contribution in [0.4, 0.5) is 0 Å². The normalized spacial score (nSPS) is 18.1. The van der Waals surface area contributed by atoms with Crippen molar-refractivity contribution in [2.45, 2.75) is 11.6 Å². The van der Waals surface area contributed by atoms with Crippen LogP contribution >= 0.6 is 11.8 Å².